The summed E-state index contributed by atoms with van der Waals surface area (Å²) in [7, 11) is 2.07. The molecule has 2 atom stereocenters. The molecule has 6 heteroatoms. The summed E-state index contributed by atoms with van der Waals surface area (Å²) in [5.41, 5.74) is 10.8. The van der Waals surface area contributed by atoms with Crippen LogP contribution in [0.2, 0.25) is 0 Å². The van der Waals surface area contributed by atoms with E-state index in [1.807, 2.05) is 13.0 Å². The topological polar surface area (TPSA) is 89.4 Å². The number of rotatable bonds is 3. The van der Waals surface area contributed by atoms with E-state index < -0.39 is 0 Å². The highest BCUT2D eigenvalue weighted by Gasteiger charge is 2.29. The molecule has 0 aromatic carbocycles. The fourth-order valence-electron chi connectivity index (χ4n) is 2.38. The van der Waals surface area contributed by atoms with Gasteiger partial charge in [-0.1, -0.05) is 0 Å². The van der Waals surface area contributed by atoms with E-state index in [1.54, 1.807) is 6.20 Å². The maximum Gasteiger partial charge on any atom is 0.128 e. The van der Waals surface area contributed by atoms with Crippen LogP contribution in [-0.2, 0) is 4.74 Å². The fourth-order valence-corrected chi connectivity index (χ4v) is 2.38. The Bertz CT molecular complexity index is 391. The number of nitrogens with zero attached hydrogens (tertiary/aromatic N) is 2. The minimum atomic E-state index is -0.138. The van der Waals surface area contributed by atoms with Crippen LogP contribution in [0.15, 0.2) is 12.3 Å². The molecule has 6 nitrogen and oxygen atoms in total. The first kappa shape index (κ1) is 13.2. The summed E-state index contributed by atoms with van der Waals surface area (Å²) in [5.74, 6) is 6.20. The van der Waals surface area contributed by atoms with Gasteiger partial charge in [-0.05, 0) is 25.6 Å². The predicted octanol–water partition coefficient (Wildman–Crippen LogP) is -0.193. The van der Waals surface area contributed by atoms with Gasteiger partial charge in [-0.2, -0.15) is 0 Å². The van der Waals surface area contributed by atoms with E-state index in [4.69, 9.17) is 16.3 Å². The lowest BCUT2D eigenvalue weighted by Gasteiger charge is -2.35. The summed E-state index contributed by atoms with van der Waals surface area (Å²) >= 11 is 0. The molecule has 0 spiro atoms. The zero-order chi connectivity index (χ0) is 13.1. The molecule has 1 aromatic heterocycles. The molecule has 2 heterocycles. The Morgan fingerprint density at radius 1 is 1.61 bits per heavy atom. The van der Waals surface area contributed by atoms with E-state index in [1.165, 1.54) is 0 Å². The third-order valence-corrected chi connectivity index (χ3v) is 3.40. The van der Waals surface area contributed by atoms with E-state index in [-0.39, 0.29) is 12.1 Å². The Kier molecular flexibility index (Phi) is 4.13. The van der Waals surface area contributed by atoms with Crippen molar-refractivity contribution in [3.63, 3.8) is 0 Å². The quantitative estimate of drug-likeness (QED) is 0.509. The SMILES string of the molecule is Cc1ccnc(N)c1C(NN)C1CN(C)CCO1. The van der Waals surface area contributed by atoms with Crippen molar-refractivity contribution in [1.82, 2.24) is 15.3 Å². The average molecular weight is 251 g/mol. The van der Waals surface area contributed by atoms with Gasteiger partial charge < -0.3 is 15.4 Å². The van der Waals surface area contributed by atoms with Gasteiger partial charge in [-0.25, -0.2) is 4.98 Å². The standard InChI is InChI=1S/C12H21N5O/c1-8-3-4-15-12(13)10(8)11(16-14)9-7-17(2)5-6-18-9/h3-4,9,11,16H,5-7,14H2,1-2H3,(H2,13,15). The van der Waals surface area contributed by atoms with Gasteiger partial charge in [0.2, 0.25) is 0 Å². The summed E-state index contributed by atoms with van der Waals surface area (Å²) in [6, 6.07) is 1.80. The van der Waals surface area contributed by atoms with Crippen molar-refractivity contribution >= 4 is 5.82 Å². The average Bonchev–Trinajstić information content (AvgIpc) is 2.34. The second-order valence-electron chi connectivity index (χ2n) is 4.74. The number of aryl methyl sites for hydroxylation is 1. The number of ether oxygens (including phenoxy) is 1. The molecule has 100 valence electrons. The van der Waals surface area contributed by atoms with Gasteiger partial charge in [0.15, 0.2) is 0 Å². The van der Waals surface area contributed by atoms with Crippen LogP contribution >= 0.6 is 0 Å². The summed E-state index contributed by atoms with van der Waals surface area (Å²) in [6.45, 7) is 4.47. The number of anilines is 1. The van der Waals surface area contributed by atoms with Crippen molar-refractivity contribution in [2.45, 2.75) is 19.1 Å². The third kappa shape index (κ3) is 2.62. The molecular formula is C12H21N5O. The fraction of sp³-hybridized carbons (Fsp3) is 0.583. The van der Waals surface area contributed by atoms with Gasteiger partial charge in [-0.15, -0.1) is 0 Å². The molecule has 0 amide bonds. The lowest BCUT2D eigenvalue weighted by molar-refractivity contribution is -0.0393. The van der Waals surface area contributed by atoms with Crippen molar-refractivity contribution in [2.75, 3.05) is 32.5 Å². The minimum Gasteiger partial charge on any atom is -0.383 e. The van der Waals surface area contributed by atoms with Crippen LogP contribution in [0.1, 0.15) is 17.2 Å². The zero-order valence-electron chi connectivity index (χ0n) is 10.9. The van der Waals surface area contributed by atoms with Crippen molar-refractivity contribution in [1.29, 1.82) is 0 Å². The number of nitrogen functional groups attached to an aromatic ring is 1. The maximum atomic E-state index is 5.96. The molecule has 0 bridgehead atoms. The Balaban J connectivity index is 2.27. The molecule has 1 aliphatic heterocycles. The molecule has 0 radical (unpaired) electrons. The molecule has 5 N–H and O–H groups in total. The number of likely N-dealkylation sites (N-methyl/N-ethyl adjacent to an activating group) is 1. The summed E-state index contributed by atoms with van der Waals surface area (Å²) in [5, 5.41) is 0. The Labute approximate surface area is 107 Å². The Morgan fingerprint density at radius 3 is 3.00 bits per heavy atom. The lowest BCUT2D eigenvalue weighted by Crippen LogP contribution is -2.48. The van der Waals surface area contributed by atoms with Crippen LogP contribution in [0.3, 0.4) is 0 Å². The molecule has 0 saturated carbocycles. The first-order valence-corrected chi connectivity index (χ1v) is 6.10. The van der Waals surface area contributed by atoms with Crippen molar-refractivity contribution in [3.05, 3.63) is 23.4 Å². The number of hydrazine groups is 1. The van der Waals surface area contributed by atoms with Crippen LogP contribution < -0.4 is 17.0 Å². The minimum absolute atomic E-state index is 0.0149. The third-order valence-electron chi connectivity index (χ3n) is 3.40. The predicted molar refractivity (Wildman–Crippen MR) is 70.7 cm³/mol. The first-order chi connectivity index (χ1) is 8.63. The van der Waals surface area contributed by atoms with E-state index in [9.17, 15) is 0 Å². The lowest BCUT2D eigenvalue weighted by atomic mass is 9.97. The zero-order valence-corrected chi connectivity index (χ0v) is 10.9. The number of pyridine rings is 1. The molecule has 2 rings (SSSR count). The van der Waals surface area contributed by atoms with Gasteiger partial charge in [0, 0.05) is 24.8 Å². The number of aromatic nitrogens is 1. The van der Waals surface area contributed by atoms with Crippen molar-refractivity contribution < 1.29 is 4.74 Å². The van der Waals surface area contributed by atoms with E-state index in [0.717, 1.165) is 24.2 Å². The molecule has 1 aromatic rings. The molecule has 1 fully saturated rings. The smallest absolute Gasteiger partial charge is 0.128 e. The molecule has 1 saturated heterocycles. The van der Waals surface area contributed by atoms with Gasteiger partial charge in [-0.3, -0.25) is 11.3 Å². The summed E-state index contributed by atoms with van der Waals surface area (Å²) in [4.78, 5) is 6.36. The normalized spacial score (nSPS) is 22.9. The van der Waals surface area contributed by atoms with Crippen LogP contribution in [0.25, 0.3) is 0 Å². The second kappa shape index (κ2) is 5.62. The first-order valence-electron chi connectivity index (χ1n) is 6.10. The van der Waals surface area contributed by atoms with Gasteiger partial charge in [0.05, 0.1) is 18.8 Å². The van der Waals surface area contributed by atoms with E-state index >= 15 is 0 Å². The number of hydrogen-bond donors (Lipinski definition) is 3. The summed E-state index contributed by atoms with van der Waals surface area (Å²) < 4.78 is 5.80. The molecule has 1 aliphatic rings. The second-order valence-corrected chi connectivity index (χ2v) is 4.74. The van der Waals surface area contributed by atoms with Crippen LogP contribution in [0.4, 0.5) is 5.82 Å². The number of morpholine rings is 1. The number of nitrogens with one attached hydrogen (secondary N) is 1. The number of hydrogen-bond acceptors (Lipinski definition) is 6. The van der Waals surface area contributed by atoms with E-state index in [0.29, 0.717) is 12.4 Å². The summed E-state index contributed by atoms with van der Waals surface area (Å²) in [6.07, 6.45) is 1.69. The number of nitrogens with two attached hydrogens (primary N) is 2. The van der Waals surface area contributed by atoms with Gasteiger partial charge >= 0.3 is 0 Å². The molecular weight excluding hydrogens is 230 g/mol. The van der Waals surface area contributed by atoms with E-state index in [2.05, 4.69) is 22.4 Å². The van der Waals surface area contributed by atoms with Gasteiger partial charge in [0.25, 0.3) is 0 Å². The van der Waals surface area contributed by atoms with Crippen LogP contribution in [0, 0.1) is 6.92 Å². The Morgan fingerprint density at radius 2 is 2.39 bits per heavy atom. The maximum absolute atomic E-state index is 5.96. The molecule has 18 heavy (non-hydrogen) atoms. The van der Waals surface area contributed by atoms with Crippen molar-refractivity contribution in [3.8, 4) is 0 Å². The highest BCUT2D eigenvalue weighted by molar-refractivity contribution is 5.46. The Hall–Kier alpha value is -1.21. The van der Waals surface area contributed by atoms with Crippen LogP contribution in [-0.4, -0.2) is 42.7 Å². The molecule has 0 aliphatic carbocycles. The monoisotopic (exact) mass is 251 g/mol. The largest absolute Gasteiger partial charge is 0.383 e. The van der Waals surface area contributed by atoms with Crippen molar-refractivity contribution in [2.24, 2.45) is 5.84 Å². The molecule has 2 unspecified atom stereocenters. The van der Waals surface area contributed by atoms with Crippen LogP contribution in [0.5, 0.6) is 0 Å². The highest BCUT2D eigenvalue weighted by Crippen LogP contribution is 2.27. The highest BCUT2D eigenvalue weighted by atomic mass is 16.5. The van der Waals surface area contributed by atoms with Gasteiger partial charge in [0.1, 0.15) is 5.82 Å².